The highest BCUT2D eigenvalue weighted by atomic mass is 32.2. The summed E-state index contributed by atoms with van der Waals surface area (Å²) >= 11 is 0. The lowest BCUT2D eigenvalue weighted by atomic mass is 9.87. The molecule has 0 unspecified atom stereocenters. The maximum atomic E-state index is 12.3. The fourth-order valence-electron chi connectivity index (χ4n) is 2.27. The van der Waals surface area contributed by atoms with E-state index in [4.69, 9.17) is 0 Å². The number of phenols is 2. The van der Waals surface area contributed by atoms with Gasteiger partial charge in [-0.3, -0.25) is 0 Å². The molecule has 0 amide bonds. The quantitative estimate of drug-likeness (QED) is 0.725. The van der Waals surface area contributed by atoms with E-state index in [0.29, 0.717) is 6.42 Å². The van der Waals surface area contributed by atoms with E-state index in [9.17, 15) is 18.6 Å². The summed E-state index contributed by atoms with van der Waals surface area (Å²) in [5.41, 5.74) is 1.77. The van der Waals surface area contributed by atoms with Crippen LogP contribution < -0.4 is 4.72 Å². The van der Waals surface area contributed by atoms with Crippen LogP contribution in [0.15, 0.2) is 47.4 Å². The van der Waals surface area contributed by atoms with Gasteiger partial charge in [0.15, 0.2) is 11.5 Å². The van der Waals surface area contributed by atoms with Crippen LogP contribution in [0.5, 0.6) is 11.5 Å². The molecule has 0 aliphatic rings. The summed E-state index contributed by atoms with van der Waals surface area (Å²) < 4.78 is 27.2. The van der Waals surface area contributed by atoms with E-state index in [1.165, 1.54) is 12.1 Å². The highest BCUT2D eigenvalue weighted by Crippen LogP contribution is 2.25. The van der Waals surface area contributed by atoms with E-state index < -0.39 is 10.0 Å². The van der Waals surface area contributed by atoms with Gasteiger partial charge in [0, 0.05) is 6.54 Å². The number of hydrogen-bond acceptors (Lipinski definition) is 4. The van der Waals surface area contributed by atoms with Gasteiger partial charge < -0.3 is 10.2 Å². The van der Waals surface area contributed by atoms with Gasteiger partial charge in [0.05, 0.1) is 4.90 Å². The van der Waals surface area contributed by atoms with E-state index in [2.05, 4.69) is 25.5 Å². The predicted molar refractivity (Wildman–Crippen MR) is 93.8 cm³/mol. The normalized spacial score (nSPS) is 12.3. The van der Waals surface area contributed by atoms with Crippen LogP contribution in [0.4, 0.5) is 0 Å². The van der Waals surface area contributed by atoms with Crippen molar-refractivity contribution in [3.8, 4) is 11.5 Å². The zero-order valence-corrected chi connectivity index (χ0v) is 14.9. The third-order valence-electron chi connectivity index (χ3n) is 3.78. The molecule has 0 bridgehead atoms. The Morgan fingerprint density at radius 1 is 0.958 bits per heavy atom. The Morgan fingerprint density at radius 2 is 1.58 bits per heavy atom. The predicted octanol–water partition coefficient (Wildman–Crippen LogP) is 2.92. The summed E-state index contributed by atoms with van der Waals surface area (Å²) in [5, 5.41) is 18.7. The minimum absolute atomic E-state index is 0.0312. The van der Waals surface area contributed by atoms with Crippen molar-refractivity contribution in [3.05, 3.63) is 53.6 Å². The van der Waals surface area contributed by atoms with Gasteiger partial charge >= 0.3 is 0 Å². The zero-order valence-electron chi connectivity index (χ0n) is 14.1. The van der Waals surface area contributed by atoms with Crippen LogP contribution in [0.2, 0.25) is 0 Å². The molecular weight excluding hydrogens is 326 g/mol. The molecule has 0 saturated heterocycles. The lowest BCUT2D eigenvalue weighted by Crippen LogP contribution is -2.26. The van der Waals surface area contributed by atoms with Gasteiger partial charge in [0.2, 0.25) is 10.0 Å². The Bertz CT molecular complexity index is 806. The lowest BCUT2D eigenvalue weighted by molar-refractivity contribution is 0.403. The Labute approximate surface area is 143 Å². The topological polar surface area (TPSA) is 86.6 Å². The molecule has 130 valence electrons. The van der Waals surface area contributed by atoms with Crippen molar-refractivity contribution in [2.45, 2.75) is 37.5 Å². The molecule has 2 aromatic carbocycles. The summed E-state index contributed by atoms with van der Waals surface area (Å²) in [6.45, 7) is 6.42. The molecule has 5 nitrogen and oxygen atoms in total. The van der Waals surface area contributed by atoms with Crippen molar-refractivity contribution in [1.29, 1.82) is 0 Å². The number of aromatic hydroxyl groups is 2. The number of nitrogens with one attached hydrogen (secondary N) is 1. The smallest absolute Gasteiger partial charge is 0.240 e. The Balaban J connectivity index is 2.02. The van der Waals surface area contributed by atoms with Crippen LogP contribution >= 0.6 is 0 Å². The van der Waals surface area contributed by atoms with Crippen molar-refractivity contribution in [2.24, 2.45) is 0 Å². The maximum absolute atomic E-state index is 12.3. The van der Waals surface area contributed by atoms with E-state index in [1.807, 2.05) is 12.1 Å². The molecule has 0 radical (unpaired) electrons. The van der Waals surface area contributed by atoms with Crippen LogP contribution in [0.25, 0.3) is 0 Å². The number of hydrogen-bond donors (Lipinski definition) is 3. The van der Waals surface area contributed by atoms with E-state index in [-0.39, 0.29) is 28.4 Å². The molecule has 2 rings (SSSR count). The fourth-order valence-corrected chi connectivity index (χ4v) is 3.30. The van der Waals surface area contributed by atoms with Crippen molar-refractivity contribution >= 4 is 10.0 Å². The Morgan fingerprint density at radius 3 is 2.12 bits per heavy atom. The SMILES string of the molecule is CC(C)(C)c1ccc(S(=O)(=O)NCCc2ccc(O)c(O)c2)cc1. The maximum Gasteiger partial charge on any atom is 0.240 e. The molecule has 0 fully saturated rings. The first-order valence-electron chi connectivity index (χ1n) is 7.71. The van der Waals surface area contributed by atoms with Crippen molar-refractivity contribution < 1.29 is 18.6 Å². The van der Waals surface area contributed by atoms with E-state index >= 15 is 0 Å². The molecule has 0 heterocycles. The summed E-state index contributed by atoms with van der Waals surface area (Å²) in [5.74, 6) is -0.411. The first-order valence-corrected chi connectivity index (χ1v) is 9.19. The summed E-state index contributed by atoms with van der Waals surface area (Å²) in [6, 6.07) is 11.3. The number of sulfonamides is 1. The number of phenolic OH excluding ortho intramolecular Hbond substituents is 2. The summed E-state index contributed by atoms with van der Waals surface area (Å²) in [6.07, 6.45) is 0.410. The van der Waals surface area contributed by atoms with Gasteiger partial charge in [-0.2, -0.15) is 0 Å². The molecule has 6 heteroatoms. The Kier molecular flexibility index (Phi) is 5.20. The molecule has 0 aliphatic heterocycles. The minimum Gasteiger partial charge on any atom is -0.504 e. The second-order valence-corrected chi connectivity index (χ2v) is 8.51. The van der Waals surface area contributed by atoms with Crippen LogP contribution in [0.3, 0.4) is 0 Å². The van der Waals surface area contributed by atoms with Crippen LogP contribution in [0, 0.1) is 0 Å². The number of benzene rings is 2. The average molecular weight is 349 g/mol. The summed E-state index contributed by atoms with van der Waals surface area (Å²) in [7, 11) is -3.57. The molecule has 0 aliphatic carbocycles. The van der Waals surface area contributed by atoms with Crippen molar-refractivity contribution in [3.63, 3.8) is 0 Å². The first kappa shape index (κ1) is 18.3. The van der Waals surface area contributed by atoms with Crippen molar-refractivity contribution in [2.75, 3.05) is 6.54 Å². The minimum atomic E-state index is -3.57. The standard InChI is InChI=1S/C18H23NO4S/c1-18(2,3)14-5-7-15(8-6-14)24(22,23)19-11-10-13-4-9-16(20)17(21)12-13/h4-9,12,19-21H,10-11H2,1-3H3. The van der Waals surface area contributed by atoms with Crippen LogP contribution in [-0.2, 0) is 21.9 Å². The first-order chi connectivity index (χ1) is 11.1. The molecular formula is C18H23NO4S. The number of rotatable bonds is 5. The highest BCUT2D eigenvalue weighted by Gasteiger charge is 2.17. The lowest BCUT2D eigenvalue weighted by Gasteiger charge is -2.19. The molecule has 0 saturated carbocycles. The molecule has 0 spiro atoms. The van der Waals surface area contributed by atoms with E-state index in [1.54, 1.807) is 18.2 Å². The Hall–Kier alpha value is -2.05. The van der Waals surface area contributed by atoms with Gasteiger partial charge in [-0.25, -0.2) is 13.1 Å². The van der Waals surface area contributed by atoms with Crippen LogP contribution in [-0.4, -0.2) is 25.2 Å². The average Bonchev–Trinajstić information content (AvgIpc) is 2.50. The van der Waals surface area contributed by atoms with Gasteiger partial charge in [0.1, 0.15) is 0 Å². The van der Waals surface area contributed by atoms with Crippen molar-refractivity contribution in [1.82, 2.24) is 4.72 Å². The molecule has 2 aromatic rings. The molecule has 0 aromatic heterocycles. The van der Waals surface area contributed by atoms with E-state index in [0.717, 1.165) is 11.1 Å². The third kappa shape index (κ3) is 4.49. The summed E-state index contributed by atoms with van der Waals surface area (Å²) in [4.78, 5) is 0.226. The molecule has 0 atom stereocenters. The van der Waals surface area contributed by atoms with Gasteiger partial charge in [-0.1, -0.05) is 39.0 Å². The second-order valence-electron chi connectivity index (χ2n) is 6.75. The molecule has 3 N–H and O–H groups in total. The zero-order chi connectivity index (χ0) is 18.0. The monoisotopic (exact) mass is 349 g/mol. The highest BCUT2D eigenvalue weighted by molar-refractivity contribution is 7.89. The van der Waals surface area contributed by atoms with Gasteiger partial charge in [-0.15, -0.1) is 0 Å². The largest absolute Gasteiger partial charge is 0.504 e. The fraction of sp³-hybridized carbons (Fsp3) is 0.333. The third-order valence-corrected chi connectivity index (χ3v) is 5.25. The molecule has 24 heavy (non-hydrogen) atoms. The second kappa shape index (κ2) is 6.83. The van der Waals surface area contributed by atoms with Gasteiger partial charge in [-0.05, 0) is 47.2 Å². The van der Waals surface area contributed by atoms with Gasteiger partial charge in [0.25, 0.3) is 0 Å². The van der Waals surface area contributed by atoms with Crippen LogP contribution in [0.1, 0.15) is 31.9 Å².